The Balaban J connectivity index is 1.87. The minimum absolute atomic E-state index is 0.118. The van der Waals surface area contributed by atoms with Gasteiger partial charge in [0.2, 0.25) is 0 Å². The molecule has 9 heteroatoms. The van der Waals surface area contributed by atoms with Gasteiger partial charge in [0.25, 0.3) is 0 Å². The second-order valence-electron chi connectivity index (χ2n) is 8.10. The number of amides is 2. The fourth-order valence-corrected chi connectivity index (χ4v) is 4.24. The van der Waals surface area contributed by atoms with Crippen molar-refractivity contribution in [2.75, 3.05) is 5.32 Å². The summed E-state index contributed by atoms with van der Waals surface area (Å²) in [5, 5.41) is 6.38. The van der Waals surface area contributed by atoms with Gasteiger partial charge in [-0.25, -0.2) is 4.79 Å². The second-order valence-corrected chi connectivity index (χ2v) is 8.97. The lowest BCUT2D eigenvalue weighted by Crippen LogP contribution is -2.50. The zero-order valence-corrected chi connectivity index (χ0v) is 20.2. The number of alkyl halides is 3. The first-order chi connectivity index (χ1) is 17.2. The van der Waals surface area contributed by atoms with Crippen LogP contribution in [0.1, 0.15) is 22.4 Å². The Morgan fingerprint density at radius 1 is 0.806 bits per heavy atom. The number of carbonyl (C=O) groups excluding carboxylic acids is 1. The number of benzene rings is 3. The molecule has 0 radical (unpaired) electrons. The number of hydrogen-bond acceptors (Lipinski definition) is 2. The lowest BCUT2D eigenvalue weighted by atomic mass is 9.80. The Labute approximate surface area is 216 Å². The van der Waals surface area contributed by atoms with Gasteiger partial charge >= 0.3 is 12.2 Å². The number of urea groups is 1. The van der Waals surface area contributed by atoms with E-state index in [2.05, 4.69) is 15.6 Å². The van der Waals surface area contributed by atoms with Crippen molar-refractivity contribution in [3.05, 3.63) is 130 Å². The minimum atomic E-state index is -4.58. The number of nitrogens with one attached hydrogen (secondary N) is 2. The highest BCUT2D eigenvalue weighted by molar-refractivity contribution is 6.31. The number of pyridine rings is 1. The van der Waals surface area contributed by atoms with Crippen molar-refractivity contribution in [3.8, 4) is 0 Å². The van der Waals surface area contributed by atoms with Crippen LogP contribution >= 0.6 is 23.2 Å². The largest absolute Gasteiger partial charge is 0.416 e. The second kappa shape index (κ2) is 10.6. The Morgan fingerprint density at radius 2 is 1.53 bits per heavy atom. The molecule has 2 amide bonds. The predicted molar refractivity (Wildman–Crippen MR) is 135 cm³/mol. The Kier molecular flexibility index (Phi) is 7.52. The van der Waals surface area contributed by atoms with Crippen molar-refractivity contribution in [1.82, 2.24) is 10.3 Å². The van der Waals surface area contributed by atoms with E-state index in [4.69, 9.17) is 23.2 Å². The zero-order valence-electron chi connectivity index (χ0n) is 18.7. The average molecular weight is 530 g/mol. The molecule has 0 bridgehead atoms. The third-order valence-electron chi connectivity index (χ3n) is 5.57. The first-order valence-electron chi connectivity index (χ1n) is 10.8. The van der Waals surface area contributed by atoms with Gasteiger partial charge in [-0.1, -0.05) is 71.7 Å². The van der Waals surface area contributed by atoms with Crippen LogP contribution in [0.25, 0.3) is 0 Å². The van der Waals surface area contributed by atoms with Gasteiger partial charge in [0.15, 0.2) is 0 Å². The van der Waals surface area contributed by atoms with E-state index >= 15 is 0 Å². The topological polar surface area (TPSA) is 54.0 Å². The maximum Gasteiger partial charge on any atom is 0.416 e. The molecule has 3 aromatic carbocycles. The molecular weight excluding hydrogens is 510 g/mol. The van der Waals surface area contributed by atoms with Crippen molar-refractivity contribution in [1.29, 1.82) is 0 Å². The molecule has 1 unspecified atom stereocenters. The molecule has 0 saturated carbocycles. The van der Waals surface area contributed by atoms with Crippen molar-refractivity contribution >= 4 is 34.9 Å². The van der Waals surface area contributed by atoms with E-state index in [1.165, 1.54) is 18.3 Å². The first kappa shape index (κ1) is 25.5. The molecule has 36 heavy (non-hydrogen) atoms. The van der Waals surface area contributed by atoms with E-state index in [0.717, 1.165) is 17.7 Å². The summed E-state index contributed by atoms with van der Waals surface area (Å²) in [7, 11) is 0. The smallest absolute Gasteiger partial charge is 0.322 e. The van der Waals surface area contributed by atoms with E-state index < -0.39 is 23.3 Å². The zero-order chi connectivity index (χ0) is 25.8. The van der Waals surface area contributed by atoms with Gasteiger partial charge in [0.1, 0.15) is 5.54 Å². The summed E-state index contributed by atoms with van der Waals surface area (Å²) in [5.74, 6) is 0. The Morgan fingerprint density at radius 3 is 2.19 bits per heavy atom. The third kappa shape index (κ3) is 5.98. The number of nitrogens with zero attached hydrogens (tertiary/aromatic N) is 1. The average Bonchev–Trinajstić information content (AvgIpc) is 2.84. The molecule has 0 aliphatic carbocycles. The van der Waals surface area contributed by atoms with Crippen LogP contribution in [0.2, 0.25) is 10.0 Å². The van der Waals surface area contributed by atoms with Crippen molar-refractivity contribution in [2.45, 2.75) is 18.1 Å². The number of aromatic nitrogens is 1. The van der Waals surface area contributed by atoms with E-state index in [-0.39, 0.29) is 12.0 Å². The molecule has 184 valence electrons. The minimum Gasteiger partial charge on any atom is -0.322 e. The molecule has 0 spiro atoms. The highest BCUT2D eigenvalue weighted by Gasteiger charge is 2.40. The highest BCUT2D eigenvalue weighted by atomic mass is 35.5. The van der Waals surface area contributed by atoms with Gasteiger partial charge in [-0.05, 0) is 53.6 Å². The number of halogens is 5. The summed E-state index contributed by atoms with van der Waals surface area (Å²) in [6, 6.07) is 23.0. The Hall–Kier alpha value is -3.55. The molecule has 4 aromatic rings. The van der Waals surface area contributed by atoms with Crippen LogP contribution in [-0.2, 0) is 18.1 Å². The molecule has 1 atom stereocenters. The summed E-state index contributed by atoms with van der Waals surface area (Å²) in [6.07, 6.45) is -3.07. The van der Waals surface area contributed by atoms with Gasteiger partial charge in [-0.2, -0.15) is 13.2 Å². The van der Waals surface area contributed by atoms with E-state index in [1.807, 2.05) is 30.3 Å². The van der Waals surface area contributed by atoms with Crippen LogP contribution in [0.5, 0.6) is 0 Å². The molecule has 0 aliphatic rings. The van der Waals surface area contributed by atoms with E-state index in [9.17, 15) is 18.0 Å². The van der Waals surface area contributed by atoms with E-state index in [1.54, 1.807) is 36.4 Å². The lowest BCUT2D eigenvalue weighted by Gasteiger charge is -2.36. The number of rotatable bonds is 6. The maximum absolute atomic E-state index is 13.7. The van der Waals surface area contributed by atoms with Crippen LogP contribution < -0.4 is 10.6 Å². The molecule has 0 fully saturated rings. The summed E-state index contributed by atoms with van der Waals surface area (Å²) in [5.41, 5.74) is -0.607. The van der Waals surface area contributed by atoms with Crippen LogP contribution in [0, 0.1) is 0 Å². The summed E-state index contributed by atoms with van der Waals surface area (Å²) >= 11 is 12.1. The van der Waals surface area contributed by atoms with E-state index in [0.29, 0.717) is 21.4 Å². The molecule has 0 saturated heterocycles. The molecule has 4 nitrogen and oxygen atoms in total. The van der Waals surface area contributed by atoms with Crippen LogP contribution in [0.3, 0.4) is 0 Å². The predicted octanol–water partition coefficient (Wildman–Crippen LogP) is 7.72. The lowest BCUT2D eigenvalue weighted by molar-refractivity contribution is -0.137. The molecule has 1 heterocycles. The fourth-order valence-electron chi connectivity index (χ4n) is 3.93. The standard InChI is InChI=1S/C27H20Cl2F3N3O/c28-21-10-5-11-23(15-21)34-25(36)35-26(16-18-6-2-1-3-7-18,24-13-12-22(29)17-33-24)19-8-4-9-20(14-19)27(30,31)32/h1-15,17H,16H2,(H2,34,35,36). The summed E-state index contributed by atoms with van der Waals surface area (Å²) in [4.78, 5) is 17.7. The molecule has 4 rings (SSSR count). The van der Waals surface area contributed by atoms with Crippen LogP contribution in [0.4, 0.5) is 23.7 Å². The highest BCUT2D eigenvalue weighted by Crippen LogP contribution is 2.37. The molecule has 2 N–H and O–H groups in total. The van der Waals surface area contributed by atoms with Gasteiger partial charge in [0, 0.05) is 23.3 Å². The number of carbonyl (C=O) groups is 1. The SMILES string of the molecule is O=C(Nc1cccc(Cl)c1)NC(Cc1ccccc1)(c1cccc(C(F)(F)F)c1)c1ccc(Cl)cn1. The monoisotopic (exact) mass is 529 g/mol. The van der Waals surface area contributed by atoms with Crippen LogP contribution in [0.15, 0.2) is 97.2 Å². The maximum atomic E-state index is 13.7. The molecule has 1 aromatic heterocycles. The normalized spacial score (nSPS) is 13.0. The summed E-state index contributed by atoms with van der Waals surface area (Å²) in [6.45, 7) is 0. The van der Waals surface area contributed by atoms with Crippen LogP contribution in [-0.4, -0.2) is 11.0 Å². The van der Waals surface area contributed by atoms with Gasteiger partial charge < -0.3 is 10.6 Å². The molecule has 0 aliphatic heterocycles. The van der Waals surface area contributed by atoms with Crippen molar-refractivity contribution in [3.63, 3.8) is 0 Å². The third-order valence-corrected chi connectivity index (χ3v) is 6.03. The van der Waals surface area contributed by atoms with Gasteiger partial charge in [-0.15, -0.1) is 0 Å². The molecular formula is C27H20Cl2F3N3O. The fraction of sp³-hybridized carbons (Fsp3) is 0.111. The Bertz CT molecular complexity index is 1350. The van der Waals surface area contributed by atoms with Crippen molar-refractivity contribution in [2.24, 2.45) is 0 Å². The number of anilines is 1. The quantitative estimate of drug-likeness (QED) is 0.268. The number of hydrogen-bond donors (Lipinski definition) is 2. The summed E-state index contributed by atoms with van der Waals surface area (Å²) < 4.78 is 41.0. The van der Waals surface area contributed by atoms with Gasteiger partial charge in [-0.3, -0.25) is 4.98 Å². The van der Waals surface area contributed by atoms with Gasteiger partial charge in [0.05, 0.1) is 16.3 Å². The van der Waals surface area contributed by atoms with Crippen molar-refractivity contribution < 1.29 is 18.0 Å². The first-order valence-corrected chi connectivity index (χ1v) is 11.6.